The fourth-order valence-corrected chi connectivity index (χ4v) is 5.05. The van der Waals surface area contributed by atoms with E-state index in [1.54, 1.807) is 42.6 Å². The predicted molar refractivity (Wildman–Crippen MR) is 175 cm³/mol. The summed E-state index contributed by atoms with van der Waals surface area (Å²) >= 11 is 0. The van der Waals surface area contributed by atoms with Crippen molar-refractivity contribution in [2.75, 3.05) is 20.8 Å². The Labute approximate surface area is 261 Å². The second-order valence-corrected chi connectivity index (χ2v) is 10.8. The second-order valence-electron chi connectivity index (χ2n) is 10.8. The summed E-state index contributed by atoms with van der Waals surface area (Å²) in [6.45, 7) is 8.86. The lowest BCUT2D eigenvalue weighted by Gasteiger charge is -2.18. The summed E-state index contributed by atoms with van der Waals surface area (Å²) in [4.78, 5) is 18.8. The fraction of sp³-hybridized carbons (Fsp3) is 0.250. The Hall–Kier alpha value is -5.18. The Kier molecular flexibility index (Phi) is 9.47. The molecule has 0 saturated heterocycles. The predicted octanol–water partition coefficient (Wildman–Crippen LogP) is 7.51. The summed E-state index contributed by atoms with van der Waals surface area (Å²) < 4.78 is 37.9. The quantitative estimate of drug-likeness (QED) is 0.144. The average molecular weight is 610 g/mol. The molecule has 0 aliphatic carbocycles. The van der Waals surface area contributed by atoms with Gasteiger partial charge in [-0.3, -0.25) is 4.79 Å². The van der Waals surface area contributed by atoms with Crippen molar-refractivity contribution in [3.63, 3.8) is 0 Å². The van der Waals surface area contributed by atoms with Crippen molar-refractivity contribution >= 4 is 17.1 Å². The number of aromatic nitrogens is 2. The van der Waals surface area contributed by atoms with Crippen molar-refractivity contribution in [1.82, 2.24) is 9.66 Å². The first-order valence-corrected chi connectivity index (χ1v) is 14.7. The van der Waals surface area contributed by atoms with Crippen LogP contribution in [0.15, 0.2) is 82.7 Å². The molecule has 0 N–H and O–H groups in total. The maximum Gasteiger partial charge on any atom is 0.282 e. The van der Waals surface area contributed by atoms with Crippen LogP contribution in [0.25, 0.3) is 22.3 Å². The molecule has 0 aliphatic rings. The number of benzene rings is 4. The van der Waals surface area contributed by atoms with Crippen LogP contribution in [0.5, 0.6) is 23.0 Å². The Morgan fingerprint density at radius 3 is 2.27 bits per heavy atom. The molecule has 0 spiro atoms. The average Bonchev–Trinajstić information content (AvgIpc) is 3.04. The van der Waals surface area contributed by atoms with Gasteiger partial charge in [0.2, 0.25) is 5.75 Å². The monoisotopic (exact) mass is 609 g/mol. The van der Waals surface area contributed by atoms with E-state index < -0.39 is 0 Å². The first-order valence-electron chi connectivity index (χ1n) is 14.7. The van der Waals surface area contributed by atoms with Crippen molar-refractivity contribution in [2.24, 2.45) is 5.10 Å². The van der Waals surface area contributed by atoms with E-state index in [1.807, 2.05) is 38.1 Å². The van der Waals surface area contributed by atoms with Crippen LogP contribution >= 0.6 is 0 Å². The maximum absolute atomic E-state index is 13.9. The molecule has 0 amide bonds. The number of halogens is 1. The molecule has 4 aromatic carbocycles. The largest absolute Gasteiger partial charge is 0.494 e. The smallest absolute Gasteiger partial charge is 0.282 e. The zero-order valence-corrected chi connectivity index (χ0v) is 26.3. The fourth-order valence-electron chi connectivity index (χ4n) is 5.05. The van der Waals surface area contributed by atoms with E-state index in [9.17, 15) is 9.18 Å². The van der Waals surface area contributed by atoms with Gasteiger partial charge in [0.25, 0.3) is 5.56 Å². The molecule has 0 saturated carbocycles. The van der Waals surface area contributed by atoms with Gasteiger partial charge in [-0.2, -0.15) is 9.78 Å². The van der Waals surface area contributed by atoms with Gasteiger partial charge < -0.3 is 18.9 Å². The summed E-state index contributed by atoms with van der Waals surface area (Å²) in [5, 5.41) is 5.11. The minimum Gasteiger partial charge on any atom is -0.494 e. The third-order valence-corrected chi connectivity index (χ3v) is 7.37. The van der Waals surface area contributed by atoms with Crippen molar-refractivity contribution in [2.45, 2.75) is 40.2 Å². The molecule has 0 aliphatic heterocycles. The number of hydrogen-bond acceptors (Lipinski definition) is 7. The third-order valence-electron chi connectivity index (χ3n) is 7.37. The lowest BCUT2D eigenvalue weighted by molar-refractivity contribution is 0.266. The van der Waals surface area contributed by atoms with Crippen molar-refractivity contribution in [1.29, 1.82) is 0 Å². The van der Waals surface area contributed by atoms with Gasteiger partial charge in [0, 0.05) is 11.1 Å². The lowest BCUT2D eigenvalue weighted by Crippen LogP contribution is -2.21. The van der Waals surface area contributed by atoms with Crippen LogP contribution in [0.1, 0.15) is 48.9 Å². The van der Waals surface area contributed by atoms with E-state index in [0.717, 1.165) is 28.0 Å². The summed E-state index contributed by atoms with van der Waals surface area (Å²) in [5.74, 6) is 2.29. The van der Waals surface area contributed by atoms with E-state index in [4.69, 9.17) is 23.9 Å². The molecule has 9 heteroatoms. The highest BCUT2D eigenvalue weighted by atomic mass is 19.1. The number of rotatable bonds is 11. The van der Waals surface area contributed by atoms with E-state index in [1.165, 1.54) is 31.0 Å². The van der Waals surface area contributed by atoms with Gasteiger partial charge in [-0.15, -0.1) is 0 Å². The maximum atomic E-state index is 13.9. The molecule has 5 aromatic rings. The zero-order valence-electron chi connectivity index (χ0n) is 26.3. The molecule has 0 radical (unpaired) electrons. The van der Waals surface area contributed by atoms with Gasteiger partial charge in [-0.05, 0) is 85.0 Å². The molecule has 1 aromatic heterocycles. The molecule has 8 nitrogen and oxygen atoms in total. The molecule has 1 heterocycles. The Bertz CT molecular complexity index is 1890. The van der Waals surface area contributed by atoms with Crippen LogP contribution in [-0.4, -0.2) is 36.7 Å². The summed E-state index contributed by atoms with van der Waals surface area (Å²) in [6, 6.07) is 20.8. The standard InChI is InChI=1S/C36H36FN3O5/c1-7-44-31-16-23(4)29(19-28(31)22(2)3)35-39-30-11-9-8-10-27(30)36(41)40(35)38-20-25-17-32(42-5)34(33(18-25)43-6)45-21-24-12-14-26(37)15-13-24/h8-20,22H,7,21H2,1-6H3. The van der Waals surface area contributed by atoms with Gasteiger partial charge >= 0.3 is 0 Å². The molecule has 5 rings (SSSR count). The van der Waals surface area contributed by atoms with E-state index in [-0.39, 0.29) is 23.9 Å². The molecule has 232 valence electrons. The number of fused-ring (bicyclic) bond motifs is 1. The minimum absolute atomic E-state index is 0.179. The van der Waals surface area contributed by atoms with Gasteiger partial charge in [-0.25, -0.2) is 9.37 Å². The minimum atomic E-state index is -0.320. The summed E-state index contributed by atoms with van der Waals surface area (Å²) in [5.41, 5.74) is 4.36. The van der Waals surface area contributed by atoms with Gasteiger partial charge in [0.1, 0.15) is 18.2 Å². The van der Waals surface area contributed by atoms with Crippen LogP contribution in [0.2, 0.25) is 0 Å². The summed E-state index contributed by atoms with van der Waals surface area (Å²) in [6.07, 6.45) is 1.56. The lowest BCUT2D eigenvalue weighted by atomic mass is 9.96. The van der Waals surface area contributed by atoms with E-state index in [0.29, 0.717) is 46.1 Å². The van der Waals surface area contributed by atoms with Crippen molar-refractivity contribution < 1.29 is 23.3 Å². The van der Waals surface area contributed by atoms with E-state index in [2.05, 4.69) is 18.9 Å². The summed E-state index contributed by atoms with van der Waals surface area (Å²) in [7, 11) is 3.05. The van der Waals surface area contributed by atoms with Crippen LogP contribution < -0.4 is 24.5 Å². The third kappa shape index (κ3) is 6.67. The van der Waals surface area contributed by atoms with Crippen LogP contribution in [0.3, 0.4) is 0 Å². The molecule has 0 unspecified atom stereocenters. The highest BCUT2D eigenvalue weighted by Gasteiger charge is 2.19. The van der Waals surface area contributed by atoms with Crippen molar-refractivity contribution in [3.8, 4) is 34.4 Å². The number of aryl methyl sites for hydroxylation is 1. The first kappa shape index (κ1) is 31.3. The van der Waals surface area contributed by atoms with Crippen LogP contribution in [0, 0.1) is 12.7 Å². The van der Waals surface area contributed by atoms with Gasteiger partial charge in [-0.1, -0.05) is 38.1 Å². The molecular weight excluding hydrogens is 573 g/mol. The molecular formula is C36H36FN3O5. The molecule has 0 fully saturated rings. The number of ether oxygens (including phenoxy) is 4. The Balaban J connectivity index is 1.60. The molecule has 45 heavy (non-hydrogen) atoms. The number of methoxy groups -OCH3 is 2. The number of nitrogens with zero attached hydrogens (tertiary/aromatic N) is 3. The second kappa shape index (κ2) is 13.6. The zero-order chi connectivity index (χ0) is 32.1. The number of para-hydroxylation sites is 1. The normalized spacial score (nSPS) is 11.4. The highest BCUT2D eigenvalue weighted by Crippen LogP contribution is 2.39. The Morgan fingerprint density at radius 1 is 0.933 bits per heavy atom. The van der Waals surface area contributed by atoms with Gasteiger partial charge in [0.15, 0.2) is 17.3 Å². The topological polar surface area (TPSA) is 84.2 Å². The van der Waals surface area contributed by atoms with E-state index >= 15 is 0 Å². The van der Waals surface area contributed by atoms with Gasteiger partial charge in [0.05, 0.1) is 37.9 Å². The van der Waals surface area contributed by atoms with Crippen LogP contribution in [-0.2, 0) is 6.61 Å². The van der Waals surface area contributed by atoms with Crippen molar-refractivity contribution in [3.05, 3.63) is 111 Å². The highest BCUT2D eigenvalue weighted by molar-refractivity contribution is 5.84. The number of hydrogen-bond donors (Lipinski definition) is 0. The SMILES string of the molecule is CCOc1cc(C)c(-c2nc3ccccc3c(=O)n2N=Cc2cc(OC)c(OCc3ccc(F)cc3)c(OC)c2)cc1C(C)C. The molecule has 0 atom stereocenters. The van der Waals surface area contributed by atoms with Crippen LogP contribution in [0.4, 0.5) is 4.39 Å². The Morgan fingerprint density at radius 2 is 1.62 bits per heavy atom. The first-order chi connectivity index (χ1) is 21.7. The molecule has 0 bridgehead atoms.